The van der Waals surface area contributed by atoms with Crippen molar-refractivity contribution in [2.45, 2.75) is 44.6 Å². The molecule has 6 nitrogen and oxygen atoms in total. The first kappa shape index (κ1) is 18.7. The van der Waals surface area contributed by atoms with Gasteiger partial charge in [0, 0.05) is 12.6 Å². The highest BCUT2D eigenvalue weighted by atomic mass is 32.2. The molecule has 0 radical (unpaired) electrons. The smallest absolute Gasteiger partial charge is 0.266 e. The summed E-state index contributed by atoms with van der Waals surface area (Å²) in [5, 5.41) is 8.33. The van der Waals surface area contributed by atoms with Gasteiger partial charge in [0.1, 0.15) is 0 Å². The minimum absolute atomic E-state index is 0.0776. The number of sulfonamides is 1. The van der Waals surface area contributed by atoms with Crippen molar-refractivity contribution in [1.29, 1.82) is 5.41 Å². The average molecular weight is 353 g/mol. The van der Waals surface area contributed by atoms with Gasteiger partial charge in [0.2, 0.25) is 5.96 Å². The van der Waals surface area contributed by atoms with Crippen LogP contribution in [0.1, 0.15) is 32.8 Å². The van der Waals surface area contributed by atoms with Crippen LogP contribution >= 0.6 is 0 Å². The molecule has 1 fully saturated rings. The van der Waals surface area contributed by atoms with Gasteiger partial charge in [-0.05, 0) is 43.5 Å². The fraction of sp³-hybridized carbons (Fsp3) is 0.588. The lowest BCUT2D eigenvalue weighted by molar-refractivity contribution is 0.267. The monoisotopic (exact) mass is 352 g/mol. The van der Waals surface area contributed by atoms with Crippen LogP contribution in [0.2, 0.25) is 0 Å². The topological polar surface area (TPSA) is 90.5 Å². The molecule has 24 heavy (non-hydrogen) atoms. The number of hydrogen-bond donors (Lipinski definition) is 2. The number of hydrogen-bond acceptors (Lipinski definition) is 4. The van der Waals surface area contributed by atoms with Crippen LogP contribution < -0.4 is 5.73 Å². The van der Waals surface area contributed by atoms with Crippen LogP contribution in [0.4, 0.5) is 0 Å². The molecule has 7 heteroatoms. The third-order valence-corrected chi connectivity index (χ3v) is 6.76. The Labute approximate surface area is 145 Å². The van der Waals surface area contributed by atoms with Gasteiger partial charge in [0.15, 0.2) is 0 Å². The molecule has 1 saturated heterocycles. The van der Waals surface area contributed by atoms with Crippen LogP contribution in [0.3, 0.4) is 0 Å². The van der Waals surface area contributed by atoms with Crippen molar-refractivity contribution in [3.63, 3.8) is 0 Å². The number of guanidine groups is 1. The molecular formula is C17H28N4O2S. The number of benzene rings is 1. The van der Waals surface area contributed by atoms with Gasteiger partial charge in [-0.2, -0.15) is 0 Å². The normalized spacial score (nSPS) is 18.1. The van der Waals surface area contributed by atoms with Gasteiger partial charge in [-0.25, -0.2) is 12.7 Å². The highest BCUT2D eigenvalue weighted by molar-refractivity contribution is 7.89. The van der Waals surface area contributed by atoms with E-state index in [-0.39, 0.29) is 16.9 Å². The Kier molecular flexibility index (Phi) is 5.87. The van der Waals surface area contributed by atoms with Crippen LogP contribution in [0.25, 0.3) is 0 Å². The summed E-state index contributed by atoms with van der Waals surface area (Å²) in [6.45, 7) is 7.72. The fourth-order valence-electron chi connectivity index (χ4n) is 2.95. The fourth-order valence-corrected chi connectivity index (χ4v) is 4.34. The molecule has 1 aromatic rings. The van der Waals surface area contributed by atoms with Gasteiger partial charge in [0.25, 0.3) is 10.0 Å². The molecule has 0 aromatic heterocycles. The summed E-state index contributed by atoms with van der Waals surface area (Å²) in [5.41, 5.74) is 6.54. The van der Waals surface area contributed by atoms with Crippen molar-refractivity contribution in [3.8, 4) is 0 Å². The van der Waals surface area contributed by atoms with E-state index < -0.39 is 10.0 Å². The van der Waals surface area contributed by atoms with Gasteiger partial charge >= 0.3 is 0 Å². The van der Waals surface area contributed by atoms with E-state index in [1.165, 1.54) is 4.31 Å². The second-order valence-corrected chi connectivity index (χ2v) is 8.27. The molecule has 0 bridgehead atoms. The maximum absolute atomic E-state index is 12.9. The molecule has 1 aromatic carbocycles. The molecule has 2 unspecified atom stereocenters. The first-order valence-corrected chi connectivity index (χ1v) is 9.93. The van der Waals surface area contributed by atoms with E-state index in [4.69, 9.17) is 11.1 Å². The van der Waals surface area contributed by atoms with Crippen molar-refractivity contribution in [1.82, 2.24) is 9.21 Å². The summed E-state index contributed by atoms with van der Waals surface area (Å²) in [7, 11) is -3.68. The Morgan fingerprint density at radius 1 is 1.21 bits per heavy atom. The Balaban J connectivity index is 2.19. The van der Waals surface area contributed by atoms with E-state index in [0.717, 1.165) is 18.4 Å². The molecule has 0 aliphatic carbocycles. The lowest BCUT2D eigenvalue weighted by atomic mass is 10.00. The lowest BCUT2D eigenvalue weighted by Crippen LogP contribution is -2.43. The first-order valence-electron chi connectivity index (χ1n) is 8.49. The van der Waals surface area contributed by atoms with Crippen LogP contribution in [-0.4, -0.2) is 49.3 Å². The Morgan fingerprint density at radius 2 is 1.83 bits per heavy atom. The standard InChI is InChI=1S/C17H28N4O2S/c1-4-13(2)14(3)20-11-12-21(17(20)19)24(22,23)16-7-5-15(6-8-16)9-10-18/h5-8,13-14,19H,4,9-12,18H2,1-3H3. The summed E-state index contributed by atoms with van der Waals surface area (Å²) in [6, 6.07) is 6.94. The van der Waals surface area contributed by atoms with Crippen molar-refractivity contribution < 1.29 is 8.42 Å². The molecule has 0 amide bonds. The zero-order valence-electron chi connectivity index (χ0n) is 14.7. The van der Waals surface area contributed by atoms with Gasteiger partial charge in [0.05, 0.1) is 11.4 Å². The Morgan fingerprint density at radius 3 is 2.38 bits per heavy atom. The van der Waals surface area contributed by atoms with E-state index >= 15 is 0 Å². The average Bonchev–Trinajstić information content (AvgIpc) is 2.96. The van der Waals surface area contributed by atoms with E-state index in [1.807, 2.05) is 4.90 Å². The zero-order chi connectivity index (χ0) is 17.9. The second kappa shape index (κ2) is 7.53. The summed E-state index contributed by atoms with van der Waals surface area (Å²) < 4.78 is 26.9. The predicted molar refractivity (Wildman–Crippen MR) is 96.4 cm³/mol. The van der Waals surface area contributed by atoms with Gasteiger partial charge in [-0.3, -0.25) is 5.41 Å². The minimum Gasteiger partial charge on any atom is -0.337 e. The zero-order valence-corrected chi connectivity index (χ0v) is 15.5. The van der Waals surface area contributed by atoms with Crippen LogP contribution in [-0.2, 0) is 16.4 Å². The molecule has 2 atom stereocenters. The molecule has 0 spiro atoms. The number of nitrogens with one attached hydrogen (secondary N) is 1. The molecular weight excluding hydrogens is 324 g/mol. The molecule has 0 saturated carbocycles. The first-order chi connectivity index (χ1) is 11.3. The minimum atomic E-state index is -3.68. The molecule has 1 heterocycles. The largest absolute Gasteiger partial charge is 0.337 e. The van der Waals surface area contributed by atoms with Crippen molar-refractivity contribution in [3.05, 3.63) is 29.8 Å². The highest BCUT2D eigenvalue weighted by Crippen LogP contribution is 2.25. The maximum atomic E-state index is 12.9. The quantitative estimate of drug-likeness (QED) is 0.784. The maximum Gasteiger partial charge on any atom is 0.266 e. The van der Waals surface area contributed by atoms with E-state index in [1.54, 1.807) is 24.3 Å². The summed E-state index contributed by atoms with van der Waals surface area (Å²) in [4.78, 5) is 2.11. The third-order valence-electron chi connectivity index (χ3n) is 4.96. The highest BCUT2D eigenvalue weighted by Gasteiger charge is 2.37. The summed E-state index contributed by atoms with van der Waals surface area (Å²) in [5.74, 6) is 0.484. The molecule has 1 aliphatic rings. The molecule has 1 aliphatic heterocycles. The van der Waals surface area contributed by atoms with E-state index in [2.05, 4.69) is 20.8 Å². The van der Waals surface area contributed by atoms with Crippen LogP contribution in [0, 0.1) is 11.3 Å². The van der Waals surface area contributed by atoms with Crippen molar-refractivity contribution in [2.75, 3.05) is 19.6 Å². The van der Waals surface area contributed by atoms with Gasteiger partial charge < -0.3 is 10.6 Å². The Hall–Kier alpha value is -1.60. The van der Waals surface area contributed by atoms with Crippen molar-refractivity contribution in [2.24, 2.45) is 11.7 Å². The van der Waals surface area contributed by atoms with Gasteiger partial charge in [-0.1, -0.05) is 32.4 Å². The SMILES string of the molecule is CCC(C)C(C)N1CCN(S(=O)(=O)c2ccc(CCN)cc2)C1=N. The van der Waals surface area contributed by atoms with Crippen LogP contribution in [0.5, 0.6) is 0 Å². The number of rotatable bonds is 7. The predicted octanol–water partition coefficient (Wildman–Crippen LogP) is 1.86. The summed E-state index contributed by atoms with van der Waals surface area (Å²) in [6.07, 6.45) is 1.72. The van der Waals surface area contributed by atoms with E-state index in [9.17, 15) is 8.42 Å². The number of nitrogens with zero attached hydrogens (tertiary/aromatic N) is 2. The molecule has 3 N–H and O–H groups in total. The molecule has 134 valence electrons. The number of nitrogens with two attached hydrogens (primary N) is 1. The second-order valence-electron chi connectivity index (χ2n) is 6.40. The van der Waals surface area contributed by atoms with Gasteiger partial charge in [-0.15, -0.1) is 0 Å². The van der Waals surface area contributed by atoms with E-state index in [0.29, 0.717) is 25.6 Å². The lowest BCUT2D eigenvalue weighted by Gasteiger charge is -2.30. The Bertz CT molecular complexity index is 672. The van der Waals surface area contributed by atoms with Crippen molar-refractivity contribution >= 4 is 16.0 Å². The summed E-state index contributed by atoms with van der Waals surface area (Å²) >= 11 is 0. The molecule has 2 rings (SSSR count). The third kappa shape index (κ3) is 3.57. The van der Waals surface area contributed by atoms with Crippen LogP contribution in [0.15, 0.2) is 29.2 Å².